The van der Waals surface area contributed by atoms with Crippen molar-refractivity contribution in [1.29, 1.82) is 0 Å². The molecule has 0 saturated carbocycles. The normalized spacial score (nSPS) is 12.9. The lowest BCUT2D eigenvalue weighted by Gasteiger charge is -2.18. The maximum atomic E-state index is 5.93. The highest BCUT2D eigenvalue weighted by atomic mass is 35.5. The number of aromatic nitrogens is 2. The van der Waals surface area contributed by atoms with Crippen molar-refractivity contribution in [2.45, 2.75) is 26.3 Å². The molecular formula is C11H19ClN4. The molecule has 1 heterocycles. The summed E-state index contributed by atoms with van der Waals surface area (Å²) in [4.78, 5) is 10.3. The summed E-state index contributed by atoms with van der Waals surface area (Å²) >= 11 is 5.93. The zero-order valence-electron chi connectivity index (χ0n) is 10.3. The van der Waals surface area contributed by atoms with Crippen LogP contribution >= 0.6 is 11.6 Å². The molecule has 4 nitrogen and oxygen atoms in total. The minimum Gasteiger partial charge on any atom is -0.367 e. The maximum absolute atomic E-state index is 5.93. The van der Waals surface area contributed by atoms with E-state index in [0.717, 1.165) is 24.3 Å². The fraction of sp³-hybridized carbons (Fsp3) is 0.636. The third-order valence-electron chi connectivity index (χ3n) is 2.42. The van der Waals surface area contributed by atoms with Crippen LogP contribution in [0.25, 0.3) is 0 Å². The predicted octanol–water partition coefficient (Wildman–Crippen LogP) is 2.19. The van der Waals surface area contributed by atoms with Crippen LogP contribution in [0.4, 0.5) is 5.82 Å². The predicted molar refractivity (Wildman–Crippen MR) is 68.0 cm³/mol. The van der Waals surface area contributed by atoms with Crippen LogP contribution in [0, 0.1) is 6.92 Å². The zero-order chi connectivity index (χ0) is 12.1. The third-order valence-corrected chi connectivity index (χ3v) is 2.80. The van der Waals surface area contributed by atoms with Gasteiger partial charge in [0.1, 0.15) is 17.3 Å². The fourth-order valence-corrected chi connectivity index (χ4v) is 1.46. The van der Waals surface area contributed by atoms with E-state index in [4.69, 9.17) is 11.6 Å². The van der Waals surface area contributed by atoms with Crippen molar-refractivity contribution >= 4 is 17.4 Å². The number of hydrogen-bond acceptors (Lipinski definition) is 4. The number of halogens is 1. The largest absolute Gasteiger partial charge is 0.367 e. The Morgan fingerprint density at radius 3 is 2.75 bits per heavy atom. The van der Waals surface area contributed by atoms with Gasteiger partial charge in [-0.2, -0.15) is 0 Å². The Morgan fingerprint density at radius 1 is 1.44 bits per heavy atom. The van der Waals surface area contributed by atoms with Crippen molar-refractivity contribution in [2.24, 2.45) is 0 Å². The number of hydrogen-bond donors (Lipinski definition) is 1. The van der Waals surface area contributed by atoms with Crippen molar-refractivity contribution in [2.75, 3.05) is 26.0 Å². The van der Waals surface area contributed by atoms with Gasteiger partial charge in [-0.1, -0.05) is 11.6 Å². The lowest BCUT2D eigenvalue weighted by Crippen LogP contribution is -2.23. The number of rotatable bonds is 5. The van der Waals surface area contributed by atoms with Gasteiger partial charge in [0, 0.05) is 11.6 Å². The van der Waals surface area contributed by atoms with Crippen LogP contribution in [-0.2, 0) is 0 Å². The third kappa shape index (κ3) is 3.94. The summed E-state index contributed by atoms with van der Waals surface area (Å²) in [7, 11) is 4.14. The number of anilines is 1. The molecule has 0 aliphatic rings. The molecule has 0 aliphatic heterocycles. The molecule has 0 bridgehead atoms. The molecule has 0 fully saturated rings. The van der Waals surface area contributed by atoms with Crippen LogP contribution in [0.3, 0.4) is 0 Å². The molecular weight excluding hydrogens is 224 g/mol. The lowest BCUT2D eigenvalue weighted by atomic mass is 10.2. The SMILES string of the molecule is Cc1c(Cl)ncnc1NC(C)CCN(C)C. The second-order valence-electron chi connectivity index (χ2n) is 4.28. The van der Waals surface area contributed by atoms with E-state index in [1.54, 1.807) is 0 Å². The number of nitrogens with zero attached hydrogens (tertiary/aromatic N) is 3. The summed E-state index contributed by atoms with van der Waals surface area (Å²) in [6.45, 7) is 5.11. The second kappa shape index (κ2) is 6.01. The molecule has 5 heteroatoms. The van der Waals surface area contributed by atoms with Gasteiger partial charge in [0.05, 0.1) is 0 Å². The summed E-state index contributed by atoms with van der Waals surface area (Å²) in [5, 5.41) is 3.86. The van der Waals surface area contributed by atoms with Crippen molar-refractivity contribution in [3.63, 3.8) is 0 Å². The van der Waals surface area contributed by atoms with Gasteiger partial charge in [-0.15, -0.1) is 0 Å². The van der Waals surface area contributed by atoms with E-state index >= 15 is 0 Å². The molecule has 1 aromatic heterocycles. The molecule has 0 amide bonds. The molecule has 1 N–H and O–H groups in total. The van der Waals surface area contributed by atoms with E-state index in [0.29, 0.717) is 11.2 Å². The average Bonchev–Trinajstić information content (AvgIpc) is 2.22. The molecule has 1 rings (SSSR count). The first-order chi connectivity index (χ1) is 7.50. The molecule has 1 unspecified atom stereocenters. The van der Waals surface area contributed by atoms with Gasteiger partial charge >= 0.3 is 0 Å². The van der Waals surface area contributed by atoms with Gasteiger partial charge in [0.2, 0.25) is 0 Å². The molecule has 0 aliphatic carbocycles. The molecule has 0 aromatic carbocycles. The van der Waals surface area contributed by atoms with E-state index in [1.165, 1.54) is 6.33 Å². The van der Waals surface area contributed by atoms with Gasteiger partial charge in [0.15, 0.2) is 0 Å². The van der Waals surface area contributed by atoms with Gasteiger partial charge in [-0.3, -0.25) is 0 Å². The Morgan fingerprint density at radius 2 is 2.12 bits per heavy atom. The maximum Gasteiger partial charge on any atom is 0.137 e. The smallest absolute Gasteiger partial charge is 0.137 e. The Hall–Kier alpha value is -0.870. The van der Waals surface area contributed by atoms with Crippen molar-refractivity contribution < 1.29 is 0 Å². The Labute approximate surface area is 102 Å². The Kier molecular flexibility index (Phi) is 4.96. The Balaban J connectivity index is 2.56. The molecule has 0 spiro atoms. The van der Waals surface area contributed by atoms with E-state index in [2.05, 4.69) is 41.2 Å². The average molecular weight is 243 g/mol. The van der Waals surface area contributed by atoms with Crippen LogP contribution in [0.1, 0.15) is 18.9 Å². The first kappa shape index (κ1) is 13.2. The van der Waals surface area contributed by atoms with Gasteiger partial charge in [-0.25, -0.2) is 9.97 Å². The van der Waals surface area contributed by atoms with Gasteiger partial charge in [0.25, 0.3) is 0 Å². The highest BCUT2D eigenvalue weighted by Gasteiger charge is 2.08. The summed E-state index contributed by atoms with van der Waals surface area (Å²) in [6, 6.07) is 0.368. The molecule has 0 saturated heterocycles. The monoisotopic (exact) mass is 242 g/mol. The highest BCUT2D eigenvalue weighted by Crippen LogP contribution is 2.18. The standard InChI is InChI=1S/C11H19ClN4/c1-8(5-6-16(3)4)15-11-9(2)10(12)13-7-14-11/h7-8H,5-6H2,1-4H3,(H,13,14,15). The molecule has 1 atom stereocenters. The highest BCUT2D eigenvalue weighted by molar-refractivity contribution is 6.30. The minimum absolute atomic E-state index is 0.368. The van der Waals surface area contributed by atoms with E-state index in [9.17, 15) is 0 Å². The summed E-state index contributed by atoms with van der Waals surface area (Å²) in [5.74, 6) is 0.825. The molecule has 90 valence electrons. The van der Waals surface area contributed by atoms with E-state index < -0.39 is 0 Å². The first-order valence-electron chi connectivity index (χ1n) is 5.39. The number of nitrogens with one attached hydrogen (secondary N) is 1. The molecule has 16 heavy (non-hydrogen) atoms. The zero-order valence-corrected chi connectivity index (χ0v) is 11.0. The Bertz CT molecular complexity index is 341. The topological polar surface area (TPSA) is 41.1 Å². The van der Waals surface area contributed by atoms with Crippen molar-refractivity contribution in [1.82, 2.24) is 14.9 Å². The quantitative estimate of drug-likeness (QED) is 0.804. The summed E-state index contributed by atoms with van der Waals surface area (Å²) in [5.41, 5.74) is 0.904. The summed E-state index contributed by atoms with van der Waals surface area (Å²) < 4.78 is 0. The van der Waals surface area contributed by atoms with Gasteiger partial charge in [-0.05, 0) is 40.9 Å². The molecule has 0 radical (unpaired) electrons. The minimum atomic E-state index is 0.368. The van der Waals surface area contributed by atoms with Crippen LogP contribution in [0.5, 0.6) is 0 Å². The van der Waals surface area contributed by atoms with Crippen LogP contribution in [0.15, 0.2) is 6.33 Å². The molecule has 1 aromatic rings. The van der Waals surface area contributed by atoms with Crippen LogP contribution in [0.2, 0.25) is 5.15 Å². The first-order valence-corrected chi connectivity index (χ1v) is 5.77. The summed E-state index contributed by atoms with van der Waals surface area (Å²) in [6.07, 6.45) is 2.55. The van der Waals surface area contributed by atoms with Crippen molar-refractivity contribution in [3.8, 4) is 0 Å². The van der Waals surface area contributed by atoms with Crippen LogP contribution < -0.4 is 5.32 Å². The van der Waals surface area contributed by atoms with Crippen LogP contribution in [-0.4, -0.2) is 41.5 Å². The van der Waals surface area contributed by atoms with E-state index in [1.807, 2.05) is 6.92 Å². The second-order valence-corrected chi connectivity index (χ2v) is 4.63. The van der Waals surface area contributed by atoms with Crippen molar-refractivity contribution in [3.05, 3.63) is 17.0 Å². The van der Waals surface area contributed by atoms with E-state index in [-0.39, 0.29) is 0 Å². The fourth-order valence-electron chi connectivity index (χ4n) is 1.33. The van der Waals surface area contributed by atoms with Gasteiger partial charge < -0.3 is 10.2 Å². The lowest BCUT2D eigenvalue weighted by molar-refractivity contribution is 0.390.